The van der Waals surface area contributed by atoms with Gasteiger partial charge in [0.2, 0.25) is 0 Å². The summed E-state index contributed by atoms with van der Waals surface area (Å²) in [4.78, 5) is 34.3. The first kappa shape index (κ1) is 17.5. The number of hydrogen-bond donors (Lipinski definition) is 1. The van der Waals surface area contributed by atoms with Gasteiger partial charge in [0.05, 0.1) is 15.4 Å². The Morgan fingerprint density at radius 1 is 1.21 bits per heavy atom. The molecule has 0 unspecified atom stereocenters. The van der Waals surface area contributed by atoms with Crippen molar-refractivity contribution in [1.29, 1.82) is 0 Å². The van der Waals surface area contributed by atoms with Gasteiger partial charge in [-0.1, -0.05) is 29.5 Å². The van der Waals surface area contributed by atoms with E-state index in [1.54, 1.807) is 0 Å². The van der Waals surface area contributed by atoms with Gasteiger partial charge in [0.1, 0.15) is 0 Å². The van der Waals surface area contributed by atoms with Crippen LogP contribution in [0, 0.1) is 17.0 Å². The van der Waals surface area contributed by atoms with Crippen LogP contribution in [-0.2, 0) is 9.53 Å². The number of primary amides is 1. The second-order valence-electron chi connectivity index (χ2n) is 4.90. The second kappa shape index (κ2) is 7.60. The Morgan fingerprint density at radius 3 is 2.46 bits per heavy atom. The van der Waals surface area contributed by atoms with Crippen LogP contribution in [0.2, 0.25) is 0 Å². The molecule has 0 aromatic heterocycles. The second-order valence-corrected chi connectivity index (χ2v) is 6.01. The molecule has 0 atom stereocenters. The molecule has 2 N–H and O–H groups in total. The number of esters is 1. The van der Waals surface area contributed by atoms with Gasteiger partial charge in [-0.05, 0) is 31.2 Å². The molecule has 0 heterocycles. The van der Waals surface area contributed by atoms with E-state index in [0.717, 1.165) is 16.5 Å². The lowest BCUT2D eigenvalue weighted by Gasteiger charge is -2.06. The molecule has 0 saturated heterocycles. The van der Waals surface area contributed by atoms with Gasteiger partial charge in [0, 0.05) is 11.0 Å². The van der Waals surface area contributed by atoms with Crippen LogP contribution in [0.25, 0.3) is 0 Å². The molecule has 124 valence electrons. The number of nitro benzene ring substituents is 1. The Morgan fingerprint density at radius 2 is 1.88 bits per heavy atom. The highest BCUT2D eigenvalue weighted by molar-refractivity contribution is 7.99. The molecule has 0 aliphatic rings. The Balaban J connectivity index is 2.26. The minimum atomic E-state index is -0.844. The predicted octanol–water partition coefficient (Wildman–Crippen LogP) is 2.70. The summed E-state index contributed by atoms with van der Waals surface area (Å²) >= 11 is 1.22. The normalized spacial score (nSPS) is 10.2. The Bertz CT molecular complexity index is 790. The SMILES string of the molecule is Cc1ccc(Sc2ccc(C(=O)OCC(N)=O)cc2[N+](=O)[O-])cc1. The van der Waals surface area contributed by atoms with Crippen LogP contribution in [0.5, 0.6) is 0 Å². The molecule has 8 heteroatoms. The maximum absolute atomic E-state index is 11.8. The number of nitrogens with zero attached hydrogens (tertiary/aromatic N) is 1. The quantitative estimate of drug-likeness (QED) is 0.489. The summed E-state index contributed by atoms with van der Waals surface area (Å²) in [5, 5.41) is 11.3. The monoisotopic (exact) mass is 346 g/mol. The molecule has 0 saturated carbocycles. The van der Waals surface area contributed by atoms with Crippen molar-refractivity contribution in [2.75, 3.05) is 6.61 Å². The Kier molecular flexibility index (Phi) is 5.54. The first-order valence-corrected chi connectivity index (χ1v) is 7.67. The van der Waals surface area contributed by atoms with Gasteiger partial charge in [-0.3, -0.25) is 14.9 Å². The number of hydrogen-bond acceptors (Lipinski definition) is 6. The summed E-state index contributed by atoms with van der Waals surface area (Å²) < 4.78 is 4.65. The topological polar surface area (TPSA) is 113 Å². The van der Waals surface area contributed by atoms with Crippen molar-refractivity contribution in [3.63, 3.8) is 0 Å². The van der Waals surface area contributed by atoms with Gasteiger partial charge in [0.15, 0.2) is 6.61 Å². The Hall–Kier alpha value is -2.87. The third-order valence-corrected chi connectivity index (χ3v) is 4.06. The molecular formula is C16H14N2O5S. The van der Waals surface area contributed by atoms with E-state index in [9.17, 15) is 19.7 Å². The lowest BCUT2D eigenvalue weighted by molar-refractivity contribution is -0.387. The number of nitrogens with two attached hydrogens (primary N) is 1. The van der Waals surface area contributed by atoms with E-state index in [4.69, 9.17) is 5.73 Å². The summed E-state index contributed by atoms with van der Waals surface area (Å²) in [6, 6.07) is 11.5. The lowest BCUT2D eigenvalue weighted by Crippen LogP contribution is -2.20. The van der Waals surface area contributed by atoms with Crippen molar-refractivity contribution < 1.29 is 19.2 Å². The van der Waals surface area contributed by atoms with Crippen molar-refractivity contribution in [2.24, 2.45) is 5.73 Å². The molecule has 0 aliphatic carbocycles. The number of benzene rings is 2. The van der Waals surface area contributed by atoms with Gasteiger partial charge < -0.3 is 10.5 Å². The van der Waals surface area contributed by atoms with Gasteiger partial charge in [-0.2, -0.15) is 0 Å². The zero-order valence-corrected chi connectivity index (χ0v) is 13.5. The number of carbonyl (C=O) groups excluding carboxylic acids is 2. The number of aryl methyl sites for hydroxylation is 1. The third-order valence-electron chi connectivity index (χ3n) is 2.99. The molecule has 0 spiro atoms. The number of carbonyl (C=O) groups is 2. The molecule has 24 heavy (non-hydrogen) atoms. The smallest absolute Gasteiger partial charge is 0.338 e. The highest BCUT2D eigenvalue weighted by Gasteiger charge is 2.19. The molecular weight excluding hydrogens is 332 g/mol. The maximum Gasteiger partial charge on any atom is 0.338 e. The highest BCUT2D eigenvalue weighted by atomic mass is 32.2. The van der Waals surface area contributed by atoms with E-state index in [-0.39, 0.29) is 11.3 Å². The zero-order chi connectivity index (χ0) is 17.7. The average Bonchev–Trinajstić information content (AvgIpc) is 2.54. The van der Waals surface area contributed by atoms with Crippen molar-refractivity contribution in [1.82, 2.24) is 0 Å². The van der Waals surface area contributed by atoms with Crippen LogP contribution in [-0.4, -0.2) is 23.4 Å². The van der Waals surface area contributed by atoms with Crippen molar-refractivity contribution in [3.05, 3.63) is 63.7 Å². The molecule has 2 aromatic carbocycles. The minimum absolute atomic E-state index is 0.0174. The van der Waals surface area contributed by atoms with E-state index in [2.05, 4.69) is 4.74 Å². The summed E-state index contributed by atoms with van der Waals surface area (Å²) in [5.41, 5.74) is 5.74. The van der Waals surface area contributed by atoms with Crippen molar-refractivity contribution in [3.8, 4) is 0 Å². The summed E-state index contributed by atoms with van der Waals surface area (Å²) in [7, 11) is 0. The number of ether oxygens (including phenoxy) is 1. The number of rotatable bonds is 6. The van der Waals surface area contributed by atoms with Gasteiger partial charge in [0.25, 0.3) is 11.6 Å². The summed E-state index contributed by atoms with van der Waals surface area (Å²) in [5.74, 6) is -1.65. The van der Waals surface area contributed by atoms with Crippen LogP contribution in [0.3, 0.4) is 0 Å². The van der Waals surface area contributed by atoms with Crippen LogP contribution < -0.4 is 5.73 Å². The molecule has 2 rings (SSSR count). The number of nitro groups is 1. The van der Waals surface area contributed by atoms with E-state index >= 15 is 0 Å². The van der Waals surface area contributed by atoms with Crippen molar-refractivity contribution in [2.45, 2.75) is 16.7 Å². The molecule has 0 aliphatic heterocycles. The van der Waals surface area contributed by atoms with Crippen LogP contribution in [0.15, 0.2) is 52.3 Å². The average molecular weight is 346 g/mol. The zero-order valence-electron chi connectivity index (χ0n) is 12.7. The molecule has 0 bridgehead atoms. The minimum Gasteiger partial charge on any atom is -0.452 e. The first-order chi connectivity index (χ1) is 11.4. The molecule has 2 aromatic rings. The molecule has 0 fully saturated rings. The third kappa shape index (κ3) is 4.56. The summed E-state index contributed by atoms with van der Waals surface area (Å²) in [6.07, 6.45) is 0. The maximum atomic E-state index is 11.8. The fourth-order valence-electron chi connectivity index (χ4n) is 1.83. The first-order valence-electron chi connectivity index (χ1n) is 6.85. The van der Waals surface area contributed by atoms with Gasteiger partial charge >= 0.3 is 5.97 Å². The predicted molar refractivity (Wildman–Crippen MR) is 87.9 cm³/mol. The van der Waals surface area contributed by atoms with Gasteiger partial charge in [-0.15, -0.1) is 0 Å². The van der Waals surface area contributed by atoms with Crippen LogP contribution in [0.1, 0.15) is 15.9 Å². The van der Waals surface area contributed by atoms with E-state index in [1.807, 2.05) is 31.2 Å². The lowest BCUT2D eigenvalue weighted by atomic mass is 10.2. The van der Waals surface area contributed by atoms with Crippen LogP contribution >= 0.6 is 11.8 Å². The Labute approximate surface area is 142 Å². The molecule has 7 nitrogen and oxygen atoms in total. The van der Waals surface area contributed by atoms with Gasteiger partial charge in [-0.25, -0.2) is 4.79 Å². The van der Waals surface area contributed by atoms with Crippen LogP contribution in [0.4, 0.5) is 5.69 Å². The van der Waals surface area contributed by atoms with E-state index in [0.29, 0.717) is 4.90 Å². The molecule has 1 amide bonds. The fourth-order valence-corrected chi connectivity index (χ4v) is 2.73. The highest BCUT2D eigenvalue weighted by Crippen LogP contribution is 2.35. The largest absolute Gasteiger partial charge is 0.452 e. The van der Waals surface area contributed by atoms with E-state index in [1.165, 1.54) is 23.9 Å². The standard InChI is InChI=1S/C16H14N2O5S/c1-10-2-5-12(6-3-10)24-14-7-4-11(8-13(14)18(21)22)16(20)23-9-15(17)19/h2-8H,9H2,1H3,(H2,17,19). The van der Waals surface area contributed by atoms with E-state index < -0.39 is 23.4 Å². The fraction of sp³-hybridized carbons (Fsp3) is 0.125. The summed E-state index contributed by atoms with van der Waals surface area (Å²) in [6.45, 7) is 1.37. The number of amides is 1. The molecule has 0 radical (unpaired) electrons. The van der Waals surface area contributed by atoms with Crippen molar-refractivity contribution >= 4 is 29.3 Å².